The number of methoxy groups -OCH3 is 1. The molecule has 0 fully saturated rings. The number of ether oxygens (including phenoxy) is 2. The van der Waals surface area contributed by atoms with E-state index in [2.05, 4.69) is 80.9 Å². The molecule has 0 unspecified atom stereocenters. The molecule has 0 amide bonds. The lowest BCUT2D eigenvalue weighted by Crippen LogP contribution is -2.29. The van der Waals surface area contributed by atoms with E-state index in [1.807, 2.05) is 12.1 Å². The fraction of sp³-hybridized carbons (Fsp3) is 0.433. The molecule has 0 saturated heterocycles. The third-order valence-corrected chi connectivity index (χ3v) is 7.01. The first-order valence-electron chi connectivity index (χ1n) is 12.4. The molecule has 3 aromatic rings. The second-order valence-corrected chi connectivity index (χ2v) is 10.1. The van der Waals surface area contributed by atoms with Crippen LogP contribution >= 0.6 is 0 Å². The lowest BCUT2D eigenvalue weighted by atomic mass is 9.79. The lowest BCUT2D eigenvalue weighted by molar-refractivity contribution is 0.193. The van der Waals surface area contributed by atoms with Gasteiger partial charge < -0.3 is 9.47 Å². The van der Waals surface area contributed by atoms with Crippen molar-refractivity contribution < 1.29 is 9.47 Å². The van der Waals surface area contributed by atoms with Crippen LogP contribution in [-0.4, -0.2) is 36.7 Å². The Kier molecular flexibility index (Phi) is 7.27. The molecular formula is C30H38N2O2. The van der Waals surface area contributed by atoms with Crippen molar-refractivity contribution in [1.82, 2.24) is 9.88 Å². The largest absolute Gasteiger partial charge is 0.493 e. The molecule has 0 saturated carbocycles. The van der Waals surface area contributed by atoms with Gasteiger partial charge in [-0.15, -0.1) is 0 Å². The van der Waals surface area contributed by atoms with Gasteiger partial charge in [0.1, 0.15) is 6.61 Å². The van der Waals surface area contributed by atoms with Gasteiger partial charge in [0.05, 0.1) is 7.11 Å². The van der Waals surface area contributed by atoms with Crippen LogP contribution in [0.3, 0.4) is 0 Å². The smallest absolute Gasteiger partial charge is 0.164 e. The second-order valence-electron chi connectivity index (χ2n) is 10.1. The highest BCUT2D eigenvalue weighted by Crippen LogP contribution is 2.36. The summed E-state index contributed by atoms with van der Waals surface area (Å²) in [4.78, 5) is 7.08. The summed E-state index contributed by atoms with van der Waals surface area (Å²) in [7, 11) is 1.71. The number of pyridine rings is 1. The Labute approximate surface area is 204 Å². The molecule has 0 spiro atoms. The number of benzene rings is 2. The van der Waals surface area contributed by atoms with Gasteiger partial charge in [0.15, 0.2) is 11.5 Å². The normalized spacial score (nSPS) is 15.5. The maximum atomic E-state index is 6.28. The predicted molar refractivity (Wildman–Crippen MR) is 140 cm³/mol. The first-order chi connectivity index (χ1) is 16.3. The summed E-state index contributed by atoms with van der Waals surface area (Å²) >= 11 is 0. The number of nitrogens with zero attached hydrogens (tertiary/aromatic N) is 2. The molecule has 1 aromatic heterocycles. The van der Waals surface area contributed by atoms with Crippen LogP contribution in [0.5, 0.6) is 11.5 Å². The number of rotatable bonds is 7. The standard InChI is InChI=1S/C30H38N2O2/c1-7-23-9-8-10-28(33-6)29(23)34-16-15-32-14-13-30(4,5)27-12-11-24(19-26(27)20-32)25-17-21(2)31-22(3)18-25/h8-12,17-19H,7,13-16,20H2,1-6H3. The third-order valence-electron chi connectivity index (χ3n) is 7.01. The Hall–Kier alpha value is -2.85. The Bertz CT molecular complexity index is 1110. The number of hydrogen-bond acceptors (Lipinski definition) is 4. The molecule has 2 heterocycles. The van der Waals surface area contributed by atoms with E-state index in [0.717, 1.165) is 55.4 Å². The van der Waals surface area contributed by atoms with Gasteiger partial charge in [-0.2, -0.15) is 0 Å². The molecule has 4 heteroatoms. The predicted octanol–water partition coefficient (Wildman–Crippen LogP) is 6.50. The van der Waals surface area contributed by atoms with Crippen molar-refractivity contribution in [1.29, 1.82) is 0 Å². The summed E-state index contributed by atoms with van der Waals surface area (Å²) in [6.45, 7) is 14.5. The highest BCUT2D eigenvalue weighted by Gasteiger charge is 2.28. The zero-order valence-electron chi connectivity index (χ0n) is 21.6. The Morgan fingerprint density at radius 1 is 1.00 bits per heavy atom. The van der Waals surface area contributed by atoms with Crippen molar-refractivity contribution in [2.24, 2.45) is 0 Å². The molecule has 34 heavy (non-hydrogen) atoms. The molecule has 0 aliphatic carbocycles. The van der Waals surface area contributed by atoms with Crippen molar-refractivity contribution in [2.75, 3.05) is 26.8 Å². The van der Waals surface area contributed by atoms with Gasteiger partial charge in [-0.05, 0) is 90.7 Å². The molecule has 0 bridgehead atoms. The van der Waals surface area contributed by atoms with Crippen LogP contribution in [0.15, 0.2) is 48.5 Å². The number of aromatic nitrogens is 1. The first kappa shape index (κ1) is 24.3. The zero-order valence-corrected chi connectivity index (χ0v) is 21.6. The summed E-state index contributed by atoms with van der Waals surface area (Å²) < 4.78 is 11.8. The van der Waals surface area contributed by atoms with Crippen molar-refractivity contribution in [3.63, 3.8) is 0 Å². The zero-order chi connectivity index (χ0) is 24.3. The molecule has 0 atom stereocenters. The Morgan fingerprint density at radius 2 is 1.76 bits per heavy atom. The lowest BCUT2D eigenvalue weighted by Gasteiger charge is -2.25. The van der Waals surface area contributed by atoms with E-state index in [0.29, 0.717) is 6.61 Å². The van der Waals surface area contributed by atoms with E-state index in [9.17, 15) is 0 Å². The minimum Gasteiger partial charge on any atom is -0.493 e. The fourth-order valence-corrected chi connectivity index (χ4v) is 5.09. The summed E-state index contributed by atoms with van der Waals surface area (Å²) in [5, 5.41) is 0. The van der Waals surface area contributed by atoms with E-state index in [1.165, 1.54) is 27.8 Å². The monoisotopic (exact) mass is 458 g/mol. The average Bonchev–Trinajstić information content (AvgIpc) is 2.93. The summed E-state index contributed by atoms with van der Waals surface area (Å²) in [6, 6.07) is 17.5. The Balaban J connectivity index is 1.54. The molecule has 1 aliphatic rings. The second kappa shape index (κ2) is 10.2. The summed E-state index contributed by atoms with van der Waals surface area (Å²) in [6.07, 6.45) is 2.05. The number of aryl methyl sites for hydroxylation is 3. The molecule has 4 nitrogen and oxygen atoms in total. The van der Waals surface area contributed by atoms with E-state index < -0.39 is 0 Å². The minimum absolute atomic E-state index is 0.144. The molecule has 180 valence electrons. The first-order valence-corrected chi connectivity index (χ1v) is 12.4. The van der Waals surface area contributed by atoms with Crippen molar-refractivity contribution in [2.45, 2.75) is 59.4 Å². The van der Waals surface area contributed by atoms with Crippen molar-refractivity contribution >= 4 is 0 Å². The van der Waals surface area contributed by atoms with Gasteiger partial charge in [0.2, 0.25) is 0 Å². The molecule has 0 N–H and O–H groups in total. The number of hydrogen-bond donors (Lipinski definition) is 0. The molecule has 2 aromatic carbocycles. The molecule has 0 radical (unpaired) electrons. The highest BCUT2D eigenvalue weighted by molar-refractivity contribution is 5.66. The van der Waals surface area contributed by atoms with Gasteiger partial charge in [-0.1, -0.05) is 45.0 Å². The minimum atomic E-state index is 0.144. The topological polar surface area (TPSA) is 34.6 Å². The van der Waals surface area contributed by atoms with Crippen LogP contribution in [0.2, 0.25) is 0 Å². The van der Waals surface area contributed by atoms with Crippen LogP contribution in [0, 0.1) is 13.8 Å². The summed E-state index contributed by atoms with van der Waals surface area (Å²) in [5.74, 6) is 1.70. The Morgan fingerprint density at radius 3 is 2.47 bits per heavy atom. The van der Waals surface area contributed by atoms with Crippen LogP contribution < -0.4 is 9.47 Å². The van der Waals surface area contributed by atoms with E-state index in [4.69, 9.17) is 9.47 Å². The summed E-state index contributed by atoms with van der Waals surface area (Å²) in [5.41, 5.74) is 8.84. The van der Waals surface area contributed by atoms with E-state index >= 15 is 0 Å². The fourth-order valence-electron chi connectivity index (χ4n) is 5.09. The van der Waals surface area contributed by atoms with Gasteiger partial charge in [-0.3, -0.25) is 9.88 Å². The average molecular weight is 459 g/mol. The van der Waals surface area contributed by atoms with Crippen LogP contribution in [-0.2, 0) is 18.4 Å². The van der Waals surface area contributed by atoms with Crippen LogP contribution in [0.25, 0.3) is 11.1 Å². The molecular weight excluding hydrogens is 420 g/mol. The SMILES string of the molecule is CCc1cccc(OC)c1OCCN1CCC(C)(C)c2ccc(-c3cc(C)nc(C)c3)cc2C1. The molecule has 4 rings (SSSR count). The highest BCUT2D eigenvalue weighted by atomic mass is 16.5. The number of para-hydroxylation sites is 1. The van der Waals surface area contributed by atoms with Gasteiger partial charge >= 0.3 is 0 Å². The van der Waals surface area contributed by atoms with E-state index in [1.54, 1.807) is 7.11 Å². The number of fused-ring (bicyclic) bond motifs is 1. The third kappa shape index (κ3) is 5.28. The van der Waals surface area contributed by atoms with Crippen molar-refractivity contribution in [3.8, 4) is 22.6 Å². The van der Waals surface area contributed by atoms with Crippen molar-refractivity contribution in [3.05, 3.63) is 76.6 Å². The van der Waals surface area contributed by atoms with Crippen LogP contribution in [0.4, 0.5) is 0 Å². The van der Waals surface area contributed by atoms with Crippen LogP contribution in [0.1, 0.15) is 55.3 Å². The maximum absolute atomic E-state index is 6.28. The van der Waals surface area contributed by atoms with Gasteiger partial charge in [0, 0.05) is 24.5 Å². The quantitative estimate of drug-likeness (QED) is 0.405. The van der Waals surface area contributed by atoms with Gasteiger partial charge in [0.25, 0.3) is 0 Å². The maximum Gasteiger partial charge on any atom is 0.164 e. The van der Waals surface area contributed by atoms with E-state index in [-0.39, 0.29) is 5.41 Å². The van der Waals surface area contributed by atoms with Gasteiger partial charge in [-0.25, -0.2) is 0 Å². The molecule has 1 aliphatic heterocycles.